The van der Waals surface area contributed by atoms with Crippen molar-refractivity contribution in [3.63, 3.8) is 0 Å². The van der Waals surface area contributed by atoms with Crippen LogP contribution in [0, 0.1) is 17.0 Å². The first-order valence-corrected chi connectivity index (χ1v) is 7.97. The van der Waals surface area contributed by atoms with Crippen molar-refractivity contribution in [2.75, 3.05) is 11.1 Å². The van der Waals surface area contributed by atoms with Gasteiger partial charge in [0.2, 0.25) is 11.6 Å². The molecule has 3 N–H and O–H groups in total. The lowest BCUT2D eigenvalue weighted by molar-refractivity contribution is -0.383. The highest BCUT2D eigenvalue weighted by atomic mass is 16.6. The summed E-state index contributed by atoms with van der Waals surface area (Å²) in [5.74, 6) is 0.795. The Morgan fingerprint density at radius 1 is 1.19 bits per heavy atom. The second kappa shape index (κ2) is 6.33. The van der Waals surface area contributed by atoms with Crippen LogP contribution in [0.1, 0.15) is 5.69 Å². The van der Waals surface area contributed by atoms with Gasteiger partial charge in [0.25, 0.3) is 0 Å². The SMILES string of the molecule is Cc1cc(Nc2ncnc(N)c2[N+](=O)[O-])n(-c2ccc3ccccc3n2)n1. The molecule has 10 heteroatoms. The number of para-hydroxylation sites is 1. The molecular formula is C17H14N8O2. The van der Waals surface area contributed by atoms with Gasteiger partial charge in [-0.15, -0.1) is 0 Å². The topological polar surface area (TPSA) is 138 Å². The number of fused-ring (bicyclic) bond motifs is 1. The van der Waals surface area contributed by atoms with Crippen LogP contribution >= 0.6 is 0 Å². The number of anilines is 3. The van der Waals surface area contributed by atoms with E-state index in [1.54, 1.807) is 10.7 Å². The lowest BCUT2D eigenvalue weighted by atomic mass is 10.2. The normalized spacial score (nSPS) is 10.9. The van der Waals surface area contributed by atoms with Crippen LogP contribution < -0.4 is 11.1 Å². The first-order chi connectivity index (χ1) is 13.0. The van der Waals surface area contributed by atoms with Crippen molar-refractivity contribution in [2.24, 2.45) is 0 Å². The number of nitrogens with one attached hydrogen (secondary N) is 1. The van der Waals surface area contributed by atoms with E-state index < -0.39 is 10.6 Å². The Morgan fingerprint density at radius 3 is 2.81 bits per heavy atom. The first-order valence-electron chi connectivity index (χ1n) is 7.97. The smallest absolute Gasteiger partial charge is 0.353 e. The van der Waals surface area contributed by atoms with Crippen molar-refractivity contribution in [3.8, 4) is 5.82 Å². The lowest BCUT2D eigenvalue weighted by Crippen LogP contribution is -2.08. The molecule has 0 aliphatic rings. The number of aromatic nitrogens is 5. The Bertz CT molecular complexity index is 1170. The fraction of sp³-hybridized carbons (Fsp3) is 0.0588. The molecule has 0 saturated carbocycles. The first kappa shape index (κ1) is 16.4. The zero-order valence-corrected chi connectivity index (χ0v) is 14.2. The van der Waals surface area contributed by atoms with Crippen molar-refractivity contribution < 1.29 is 4.92 Å². The molecule has 4 aromatic rings. The highest BCUT2D eigenvalue weighted by molar-refractivity contribution is 5.79. The van der Waals surface area contributed by atoms with Crippen LogP contribution in [-0.2, 0) is 0 Å². The summed E-state index contributed by atoms with van der Waals surface area (Å²) < 4.78 is 1.56. The number of nitrogen functional groups attached to an aromatic ring is 1. The van der Waals surface area contributed by atoms with Gasteiger partial charge in [0.05, 0.1) is 16.1 Å². The van der Waals surface area contributed by atoms with Gasteiger partial charge in [-0.3, -0.25) is 10.1 Å². The Labute approximate surface area is 152 Å². The number of rotatable bonds is 4. The molecule has 3 aromatic heterocycles. The van der Waals surface area contributed by atoms with E-state index in [1.165, 1.54) is 0 Å². The molecule has 3 heterocycles. The molecule has 0 spiro atoms. The van der Waals surface area contributed by atoms with Crippen LogP contribution in [0.2, 0.25) is 0 Å². The third-order valence-corrected chi connectivity index (χ3v) is 3.91. The fourth-order valence-corrected chi connectivity index (χ4v) is 2.72. The molecule has 4 rings (SSSR count). The van der Waals surface area contributed by atoms with Crippen LogP contribution in [0.3, 0.4) is 0 Å². The summed E-state index contributed by atoms with van der Waals surface area (Å²) in [4.78, 5) is 22.9. The predicted molar refractivity (Wildman–Crippen MR) is 100.0 cm³/mol. The third-order valence-electron chi connectivity index (χ3n) is 3.91. The number of aryl methyl sites for hydroxylation is 1. The van der Waals surface area contributed by atoms with Gasteiger partial charge in [-0.2, -0.15) is 9.78 Å². The largest absolute Gasteiger partial charge is 0.378 e. The van der Waals surface area contributed by atoms with Crippen LogP contribution in [0.15, 0.2) is 48.8 Å². The number of nitrogens with zero attached hydrogens (tertiary/aromatic N) is 6. The van der Waals surface area contributed by atoms with Gasteiger partial charge in [-0.05, 0) is 25.1 Å². The van der Waals surface area contributed by atoms with Gasteiger partial charge in [0, 0.05) is 11.5 Å². The number of nitro groups is 1. The van der Waals surface area contributed by atoms with Crippen molar-refractivity contribution in [1.29, 1.82) is 0 Å². The highest BCUT2D eigenvalue weighted by Gasteiger charge is 2.22. The summed E-state index contributed by atoms with van der Waals surface area (Å²) >= 11 is 0. The summed E-state index contributed by atoms with van der Waals surface area (Å²) in [5, 5.41) is 19.7. The van der Waals surface area contributed by atoms with Crippen LogP contribution in [-0.4, -0.2) is 29.7 Å². The fourth-order valence-electron chi connectivity index (χ4n) is 2.72. The van der Waals surface area contributed by atoms with E-state index >= 15 is 0 Å². The molecule has 27 heavy (non-hydrogen) atoms. The monoisotopic (exact) mass is 362 g/mol. The van der Waals surface area contributed by atoms with Crippen molar-refractivity contribution >= 4 is 34.0 Å². The quantitative estimate of drug-likeness (QED) is 0.417. The van der Waals surface area contributed by atoms with E-state index in [1.807, 2.05) is 43.3 Å². The van der Waals surface area contributed by atoms with E-state index in [-0.39, 0.29) is 11.6 Å². The summed E-state index contributed by atoms with van der Waals surface area (Å²) in [6.45, 7) is 1.81. The number of benzene rings is 1. The predicted octanol–water partition coefficient (Wildman–Crippen LogP) is 2.75. The van der Waals surface area contributed by atoms with E-state index in [0.29, 0.717) is 17.3 Å². The minimum absolute atomic E-state index is 0.0190. The molecule has 1 aromatic carbocycles. The molecular weight excluding hydrogens is 348 g/mol. The Hall–Kier alpha value is -4.08. The molecule has 0 aliphatic carbocycles. The molecule has 0 atom stereocenters. The number of hydrogen-bond acceptors (Lipinski definition) is 8. The van der Waals surface area contributed by atoms with Gasteiger partial charge < -0.3 is 11.1 Å². The van der Waals surface area contributed by atoms with Crippen molar-refractivity contribution in [2.45, 2.75) is 6.92 Å². The van der Waals surface area contributed by atoms with Gasteiger partial charge in [0.1, 0.15) is 12.1 Å². The molecule has 0 unspecified atom stereocenters. The van der Waals surface area contributed by atoms with Gasteiger partial charge >= 0.3 is 5.69 Å². The maximum Gasteiger partial charge on any atom is 0.353 e. The third kappa shape index (κ3) is 2.99. The summed E-state index contributed by atoms with van der Waals surface area (Å²) in [6.07, 6.45) is 1.16. The standard InChI is InChI=1S/C17H14N8O2/c1-10-8-14(22-17-15(25(26)27)16(18)19-9-20-17)24(23-10)13-7-6-11-4-2-3-5-12(11)21-13/h2-9H,1H3,(H3,18,19,20,22). The van der Waals surface area contributed by atoms with Crippen LogP contribution in [0.4, 0.5) is 23.1 Å². The average molecular weight is 362 g/mol. The van der Waals surface area contributed by atoms with Crippen molar-refractivity contribution in [1.82, 2.24) is 24.7 Å². The second-order valence-corrected chi connectivity index (χ2v) is 5.78. The molecule has 0 amide bonds. The average Bonchev–Trinajstić information content (AvgIpc) is 3.01. The van der Waals surface area contributed by atoms with Gasteiger partial charge in [-0.1, -0.05) is 18.2 Å². The lowest BCUT2D eigenvalue weighted by Gasteiger charge is -2.10. The Kier molecular flexibility index (Phi) is 3.84. The molecule has 0 bridgehead atoms. The Morgan fingerprint density at radius 2 is 2.00 bits per heavy atom. The van der Waals surface area contributed by atoms with E-state index in [4.69, 9.17) is 5.73 Å². The number of pyridine rings is 1. The van der Waals surface area contributed by atoms with E-state index in [2.05, 4.69) is 25.4 Å². The summed E-state index contributed by atoms with van der Waals surface area (Å²) in [5.41, 5.74) is 6.75. The molecule has 10 nitrogen and oxygen atoms in total. The molecule has 0 aliphatic heterocycles. The number of nitrogens with two attached hydrogens (primary N) is 1. The van der Waals surface area contributed by atoms with Crippen molar-refractivity contribution in [3.05, 3.63) is 64.6 Å². The van der Waals surface area contributed by atoms with E-state index in [9.17, 15) is 10.1 Å². The highest BCUT2D eigenvalue weighted by Crippen LogP contribution is 2.30. The summed E-state index contributed by atoms with van der Waals surface area (Å²) in [6, 6.07) is 13.2. The maximum absolute atomic E-state index is 11.3. The molecule has 0 fully saturated rings. The van der Waals surface area contributed by atoms with E-state index in [0.717, 1.165) is 17.2 Å². The second-order valence-electron chi connectivity index (χ2n) is 5.78. The molecule has 0 radical (unpaired) electrons. The summed E-state index contributed by atoms with van der Waals surface area (Å²) in [7, 11) is 0. The zero-order chi connectivity index (χ0) is 19.0. The van der Waals surface area contributed by atoms with Crippen LogP contribution in [0.25, 0.3) is 16.7 Å². The molecule has 0 saturated heterocycles. The molecule has 134 valence electrons. The van der Waals surface area contributed by atoms with Gasteiger partial charge in [0.15, 0.2) is 5.82 Å². The zero-order valence-electron chi connectivity index (χ0n) is 14.2. The van der Waals surface area contributed by atoms with Crippen LogP contribution in [0.5, 0.6) is 0 Å². The maximum atomic E-state index is 11.3. The number of hydrogen-bond donors (Lipinski definition) is 2. The Balaban J connectivity index is 1.80. The minimum atomic E-state index is -0.625. The van der Waals surface area contributed by atoms with Gasteiger partial charge in [-0.25, -0.2) is 15.0 Å². The minimum Gasteiger partial charge on any atom is -0.378 e.